The van der Waals surface area contributed by atoms with Gasteiger partial charge in [-0.1, -0.05) is 6.92 Å². The first kappa shape index (κ1) is 31.6. The van der Waals surface area contributed by atoms with E-state index >= 15 is 0 Å². The third kappa shape index (κ3) is 10.7. The summed E-state index contributed by atoms with van der Waals surface area (Å²) in [5.41, 5.74) is 6.55. The zero-order chi connectivity index (χ0) is 29.2. The number of thiophene rings is 1. The van der Waals surface area contributed by atoms with Crippen LogP contribution in [0.2, 0.25) is 0 Å². The van der Waals surface area contributed by atoms with Gasteiger partial charge in [0.15, 0.2) is 0 Å². The van der Waals surface area contributed by atoms with E-state index in [1.54, 1.807) is 30.5 Å². The van der Waals surface area contributed by atoms with Gasteiger partial charge < -0.3 is 31.1 Å². The number of carbonyl (C=O) groups is 5. The second kappa shape index (κ2) is 13.7. The van der Waals surface area contributed by atoms with Crippen LogP contribution in [0.25, 0.3) is 0 Å². The Balaban J connectivity index is 0.000000905. The number of aliphatic carboxylic acids is 3. The monoisotopic (exact) mass is 561 g/mol. The van der Waals surface area contributed by atoms with Gasteiger partial charge in [0.1, 0.15) is 22.5 Å². The summed E-state index contributed by atoms with van der Waals surface area (Å²) in [6, 6.07) is 6.21. The average Bonchev–Trinajstić information content (AvgIpc) is 3.27. The normalized spacial score (nSPS) is 12.2. The predicted octanol–water partition coefficient (Wildman–Crippen LogP) is 2.11. The van der Waals surface area contributed by atoms with Crippen LogP contribution in [0.15, 0.2) is 35.7 Å². The highest BCUT2D eigenvalue weighted by atomic mass is 32.1. The van der Waals surface area contributed by atoms with E-state index < -0.39 is 54.3 Å². The van der Waals surface area contributed by atoms with Crippen molar-refractivity contribution < 1.29 is 57.2 Å². The molecular weight excluding hydrogens is 539 g/mol. The number of carbonyl (C=O) groups excluding carboxylic acids is 2. The lowest BCUT2D eigenvalue weighted by molar-refractivity contribution is -0.192. The number of nitrogens with one attached hydrogen (secondary N) is 2. The van der Waals surface area contributed by atoms with Crippen molar-refractivity contribution >= 4 is 47.0 Å². The number of hydrogen-bond acceptors (Lipinski definition) is 8. The molecule has 1 unspecified atom stereocenters. The fourth-order valence-electron chi connectivity index (χ4n) is 2.58. The predicted molar refractivity (Wildman–Crippen MR) is 125 cm³/mol. The molecule has 0 aliphatic rings. The van der Waals surface area contributed by atoms with Gasteiger partial charge in [-0.3, -0.25) is 15.0 Å². The molecule has 7 N–H and O–H groups in total. The summed E-state index contributed by atoms with van der Waals surface area (Å²) in [5, 5.41) is 36.1. The second-order valence-electron chi connectivity index (χ2n) is 7.55. The Morgan fingerprint density at radius 2 is 1.66 bits per heavy atom. The first-order valence-corrected chi connectivity index (χ1v) is 11.2. The lowest BCUT2D eigenvalue weighted by atomic mass is 10.0. The van der Waals surface area contributed by atoms with E-state index in [4.69, 9.17) is 36.0 Å². The zero-order valence-corrected chi connectivity index (χ0v) is 20.3. The fourth-order valence-corrected chi connectivity index (χ4v) is 3.38. The number of amides is 1. The number of alkyl halides is 3. The molecule has 0 radical (unpaired) electrons. The second-order valence-corrected chi connectivity index (χ2v) is 8.46. The molecule has 1 aromatic carbocycles. The van der Waals surface area contributed by atoms with Crippen LogP contribution in [0.4, 0.5) is 13.2 Å². The third-order valence-electron chi connectivity index (χ3n) is 4.46. The van der Waals surface area contributed by atoms with E-state index in [0.717, 1.165) is 11.3 Å². The van der Waals surface area contributed by atoms with Crippen molar-refractivity contribution in [2.45, 2.75) is 32.0 Å². The molecule has 2 rings (SSSR count). The van der Waals surface area contributed by atoms with E-state index in [-0.39, 0.29) is 18.0 Å². The zero-order valence-electron chi connectivity index (χ0n) is 19.4. The van der Waals surface area contributed by atoms with Gasteiger partial charge in [-0.05, 0) is 47.7 Å². The fraction of sp³-hybridized carbons (Fsp3) is 0.273. The van der Waals surface area contributed by atoms with Crippen LogP contribution >= 0.6 is 11.3 Å². The highest BCUT2D eigenvalue weighted by molar-refractivity contribution is 7.12. The van der Waals surface area contributed by atoms with Gasteiger partial charge in [0.25, 0.3) is 0 Å². The van der Waals surface area contributed by atoms with Crippen molar-refractivity contribution in [2.75, 3.05) is 0 Å². The summed E-state index contributed by atoms with van der Waals surface area (Å²) in [4.78, 5) is 55.6. The number of esters is 1. The molecule has 2 atom stereocenters. The first-order chi connectivity index (χ1) is 17.5. The highest BCUT2D eigenvalue weighted by Crippen LogP contribution is 2.21. The number of hydrogen-bond donors (Lipinski definition) is 6. The van der Waals surface area contributed by atoms with Crippen molar-refractivity contribution in [1.29, 1.82) is 5.41 Å². The molecule has 0 saturated heterocycles. The van der Waals surface area contributed by atoms with Crippen LogP contribution in [-0.4, -0.2) is 63.2 Å². The first-order valence-electron chi connectivity index (χ1n) is 10.3. The Kier molecular flexibility index (Phi) is 11.4. The molecule has 0 spiro atoms. The van der Waals surface area contributed by atoms with Crippen LogP contribution in [-0.2, 0) is 25.6 Å². The summed E-state index contributed by atoms with van der Waals surface area (Å²) in [6.45, 7) is 1.57. The van der Waals surface area contributed by atoms with E-state index in [9.17, 15) is 32.3 Å². The minimum atomic E-state index is -5.08. The molecule has 0 aliphatic carbocycles. The molecule has 2 aromatic rings. The van der Waals surface area contributed by atoms with Gasteiger partial charge in [-0.25, -0.2) is 14.4 Å². The summed E-state index contributed by atoms with van der Waals surface area (Å²) in [5.74, 6) is -7.17. The lowest BCUT2D eigenvalue weighted by Crippen LogP contribution is -2.44. The number of ether oxygens (including phenoxy) is 1. The van der Waals surface area contributed by atoms with Crippen molar-refractivity contribution in [2.24, 2.45) is 11.7 Å². The molecule has 0 saturated carbocycles. The van der Waals surface area contributed by atoms with Gasteiger partial charge in [0, 0.05) is 11.5 Å². The van der Waals surface area contributed by atoms with E-state index in [0.29, 0.717) is 16.0 Å². The molecule has 206 valence electrons. The number of benzene rings is 1. The van der Waals surface area contributed by atoms with Crippen LogP contribution in [0, 0.1) is 11.3 Å². The SMILES string of the molecule is CC(Cc1csc(C(=O)Oc2ccc(C(=N)N)cc2)c1)C(=O)N[C@@H](CC(=O)O)C(=O)O.O=C(O)C(F)(F)F. The van der Waals surface area contributed by atoms with Crippen LogP contribution in [0.5, 0.6) is 5.75 Å². The molecule has 16 heteroatoms. The molecule has 38 heavy (non-hydrogen) atoms. The van der Waals surface area contributed by atoms with Gasteiger partial charge in [-0.15, -0.1) is 11.3 Å². The number of halogens is 3. The van der Waals surface area contributed by atoms with Crippen molar-refractivity contribution in [3.8, 4) is 5.75 Å². The van der Waals surface area contributed by atoms with E-state index in [1.165, 1.54) is 12.1 Å². The number of amidine groups is 1. The largest absolute Gasteiger partial charge is 0.490 e. The molecule has 0 aliphatic heterocycles. The topological polar surface area (TPSA) is 217 Å². The Labute approximate surface area is 216 Å². The number of carboxylic acids is 3. The van der Waals surface area contributed by atoms with Crippen molar-refractivity contribution in [1.82, 2.24) is 5.32 Å². The summed E-state index contributed by atoms with van der Waals surface area (Å²) < 4.78 is 37.0. The number of nitrogen functional groups attached to an aromatic ring is 1. The molecule has 12 nitrogen and oxygen atoms in total. The summed E-state index contributed by atoms with van der Waals surface area (Å²) in [6.07, 6.45) is -5.59. The highest BCUT2D eigenvalue weighted by Gasteiger charge is 2.38. The minimum Gasteiger partial charge on any atom is -0.481 e. The Bertz CT molecular complexity index is 1200. The van der Waals surface area contributed by atoms with Gasteiger partial charge in [0.2, 0.25) is 5.91 Å². The summed E-state index contributed by atoms with van der Waals surface area (Å²) >= 11 is 1.13. The number of rotatable bonds is 10. The minimum absolute atomic E-state index is 0.100. The lowest BCUT2D eigenvalue weighted by Gasteiger charge is -2.16. The number of nitrogens with two attached hydrogens (primary N) is 1. The smallest absolute Gasteiger partial charge is 0.481 e. The molecule has 0 bridgehead atoms. The standard InChI is InChI=1S/C20H21N3O7S.C2HF3O2/c1-10(18(26)23-14(19(27)28)8-16(24)25)6-11-7-15(31-9-11)20(29)30-13-4-2-12(3-5-13)17(21)22;3-2(4,5)1(6)7/h2-5,7,9-10,14H,6,8H2,1H3,(H3,21,22)(H,23,26)(H,24,25)(H,27,28);(H,6,7)/t10?,14-;/m0./s1. The van der Waals surface area contributed by atoms with Crippen molar-refractivity contribution in [3.05, 3.63) is 51.7 Å². The van der Waals surface area contributed by atoms with Gasteiger partial charge >= 0.3 is 30.1 Å². The molecule has 1 heterocycles. The third-order valence-corrected chi connectivity index (χ3v) is 5.42. The molecule has 0 fully saturated rings. The molecular formula is C22H22F3N3O9S. The quantitative estimate of drug-likeness (QED) is 0.107. The maximum absolute atomic E-state index is 12.3. The Morgan fingerprint density at radius 1 is 1.11 bits per heavy atom. The summed E-state index contributed by atoms with van der Waals surface area (Å²) in [7, 11) is 0. The Hall–Kier alpha value is -4.47. The van der Waals surface area contributed by atoms with E-state index in [2.05, 4.69) is 5.32 Å². The maximum Gasteiger partial charge on any atom is 0.490 e. The molecule has 1 amide bonds. The average molecular weight is 561 g/mol. The van der Waals surface area contributed by atoms with Gasteiger partial charge in [-0.2, -0.15) is 13.2 Å². The van der Waals surface area contributed by atoms with Crippen molar-refractivity contribution in [3.63, 3.8) is 0 Å². The van der Waals surface area contributed by atoms with Crippen LogP contribution in [0.1, 0.15) is 34.1 Å². The maximum atomic E-state index is 12.3. The van der Waals surface area contributed by atoms with Crippen LogP contribution < -0.4 is 15.8 Å². The van der Waals surface area contributed by atoms with E-state index in [1.807, 2.05) is 0 Å². The van der Waals surface area contributed by atoms with Crippen LogP contribution in [0.3, 0.4) is 0 Å². The van der Waals surface area contributed by atoms with Gasteiger partial charge in [0.05, 0.1) is 6.42 Å². The number of carboxylic acid groups (broad SMARTS) is 3. The molecule has 1 aromatic heterocycles. The Morgan fingerprint density at radius 3 is 2.11 bits per heavy atom.